The van der Waals surface area contributed by atoms with Gasteiger partial charge in [-0.15, -0.1) is 0 Å². The minimum atomic E-state index is -0.114. The fourth-order valence-electron chi connectivity index (χ4n) is 1.62. The van der Waals surface area contributed by atoms with Crippen molar-refractivity contribution in [3.05, 3.63) is 29.3 Å². The van der Waals surface area contributed by atoms with E-state index in [4.69, 9.17) is 15.2 Å². The molecule has 0 amide bonds. The predicted octanol–water partition coefficient (Wildman–Crippen LogP) is 3.21. The van der Waals surface area contributed by atoms with Crippen LogP contribution in [0.3, 0.4) is 0 Å². The monoisotopic (exact) mass is 251 g/mol. The van der Waals surface area contributed by atoms with E-state index < -0.39 is 0 Å². The molecule has 1 atom stereocenters. The third-order valence-corrected chi connectivity index (χ3v) is 2.60. The minimum absolute atomic E-state index is 0.0574. The summed E-state index contributed by atoms with van der Waals surface area (Å²) in [5.74, 6) is 0.900. The molecule has 0 saturated carbocycles. The zero-order valence-electron chi connectivity index (χ0n) is 12.1. The summed E-state index contributed by atoms with van der Waals surface area (Å²) in [4.78, 5) is 0. The van der Waals surface area contributed by atoms with Crippen molar-refractivity contribution < 1.29 is 9.47 Å². The summed E-state index contributed by atoms with van der Waals surface area (Å²) in [7, 11) is 0. The first-order valence-electron chi connectivity index (χ1n) is 6.42. The summed E-state index contributed by atoms with van der Waals surface area (Å²) in [6.07, 6.45) is 0. The van der Waals surface area contributed by atoms with E-state index in [9.17, 15) is 0 Å². The van der Waals surface area contributed by atoms with Crippen molar-refractivity contribution in [2.75, 3.05) is 13.2 Å². The van der Waals surface area contributed by atoms with Gasteiger partial charge in [0.05, 0.1) is 12.2 Å². The molecule has 0 bridgehead atoms. The van der Waals surface area contributed by atoms with E-state index >= 15 is 0 Å². The Morgan fingerprint density at radius 2 is 1.89 bits per heavy atom. The highest BCUT2D eigenvalue weighted by molar-refractivity contribution is 5.37. The fourth-order valence-corrected chi connectivity index (χ4v) is 1.62. The molecule has 1 aromatic carbocycles. The van der Waals surface area contributed by atoms with Crippen molar-refractivity contribution in [1.82, 2.24) is 0 Å². The van der Waals surface area contributed by atoms with Crippen molar-refractivity contribution in [3.63, 3.8) is 0 Å². The van der Waals surface area contributed by atoms with Gasteiger partial charge in [-0.2, -0.15) is 0 Å². The molecule has 0 saturated heterocycles. The number of hydrogen-bond donors (Lipinski definition) is 1. The largest absolute Gasteiger partial charge is 0.491 e. The van der Waals surface area contributed by atoms with E-state index in [0.29, 0.717) is 13.2 Å². The Labute approximate surface area is 110 Å². The Morgan fingerprint density at radius 3 is 2.39 bits per heavy atom. The van der Waals surface area contributed by atoms with E-state index in [1.54, 1.807) is 0 Å². The smallest absolute Gasteiger partial charge is 0.122 e. The zero-order valence-corrected chi connectivity index (χ0v) is 12.1. The molecule has 0 aliphatic carbocycles. The zero-order chi connectivity index (χ0) is 13.8. The number of nitrogens with two attached hydrogens (primary N) is 1. The highest BCUT2D eigenvalue weighted by Crippen LogP contribution is 2.21. The van der Waals surface area contributed by atoms with Crippen LogP contribution >= 0.6 is 0 Å². The van der Waals surface area contributed by atoms with Crippen LogP contribution in [-0.2, 0) is 4.74 Å². The lowest BCUT2D eigenvalue weighted by Crippen LogP contribution is -2.22. The Bertz CT molecular complexity index is 381. The van der Waals surface area contributed by atoms with E-state index in [2.05, 4.69) is 6.07 Å². The molecule has 1 rings (SSSR count). The first-order chi connectivity index (χ1) is 8.29. The maximum Gasteiger partial charge on any atom is 0.122 e. The van der Waals surface area contributed by atoms with Crippen molar-refractivity contribution in [3.8, 4) is 5.75 Å². The number of rotatable bonds is 5. The Hall–Kier alpha value is -1.06. The van der Waals surface area contributed by atoms with Gasteiger partial charge in [0.2, 0.25) is 0 Å². The predicted molar refractivity (Wildman–Crippen MR) is 75.0 cm³/mol. The summed E-state index contributed by atoms with van der Waals surface area (Å²) in [6.45, 7) is 11.3. The van der Waals surface area contributed by atoms with E-state index in [1.165, 1.54) is 0 Å². The highest BCUT2D eigenvalue weighted by atomic mass is 16.5. The Balaban J connectivity index is 2.48. The average Bonchev–Trinajstić information content (AvgIpc) is 2.24. The number of hydrogen-bond acceptors (Lipinski definition) is 3. The third kappa shape index (κ3) is 5.07. The van der Waals surface area contributed by atoms with Crippen LogP contribution in [0.2, 0.25) is 0 Å². The molecule has 0 unspecified atom stereocenters. The van der Waals surface area contributed by atoms with Gasteiger partial charge in [0.1, 0.15) is 12.4 Å². The quantitative estimate of drug-likeness (QED) is 0.817. The van der Waals surface area contributed by atoms with Crippen LogP contribution in [0.5, 0.6) is 5.75 Å². The van der Waals surface area contributed by atoms with E-state index in [0.717, 1.165) is 16.9 Å². The van der Waals surface area contributed by atoms with Gasteiger partial charge < -0.3 is 15.2 Å². The standard InChI is InChI=1S/C15H25NO2/c1-11-10-13(12(2)16)6-7-14(11)17-8-9-18-15(3,4)5/h6-7,10,12H,8-9,16H2,1-5H3/t12-/m1/s1. The maximum absolute atomic E-state index is 5.84. The molecule has 0 aromatic heterocycles. The van der Waals surface area contributed by atoms with Gasteiger partial charge >= 0.3 is 0 Å². The molecule has 18 heavy (non-hydrogen) atoms. The normalized spacial score (nSPS) is 13.4. The van der Waals surface area contributed by atoms with Gasteiger partial charge in [0, 0.05) is 6.04 Å². The van der Waals surface area contributed by atoms with Crippen LogP contribution in [0.15, 0.2) is 18.2 Å². The van der Waals surface area contributed by atoms with Gasteiger partial charge in [-0.3, -0.25) is 0 Å². The average molecular weight is 251 g/mol. The SMILES string of the molecule is Cc1cc([C@@H](C)N)ccc1OCCOC(C)(C)C. The molecule has 102 valence electrons. The molecular weight excluding hydrogens is 226 g/mol. The Kier molecular flexibility index (Phi) is 5.17. The molecule has 3 heteroatoms. The van der Waals surface area contributed by atoms with Crippen LogP contribution in [0.25, 0.3) is 0 Å². The third-order valence-electron chi connectivity index (χ3n) is 2.60. The minimum Gasteiger partial charge on any atom is -0.491 e. The second-order valence-corrected chi connectivity index (χ2v) is 5.62. The summed E-state index contributed by atoms with van der Waals surface area (Å²) in [5.41, 5.74) is 7.97. The number of benzene rings is 1. The second kappa shape index (κ2) is 6.21. The molecular formula is C15H25NO2. The molecule has 0 fully saturated rings. The van der Waals surface area contributed by atoms with Crippen LogP contribution in [-0.4, -0.2) is 18.8 Å². The van der Waals surface area contributed by atoms with Gasteiger partial charge in [-0.25, -0.2) is 0 Å². The Morgan fingerprint density at radius 1 is 1.22 bits per heavy atom. The number of ether oxygens (including phenoxy) is 2. The molecule has 0 radical (unpaired) electrons. The van der Waals surface area contributed by atoms with Gasteiger partial charge in [0.15, 0.2) is 0 Å². The molecule has 1 aromatic rings. The second-order valence-electron chi connectivity index (χ2n) is 5.62. The topological polar surface area (TPSA) is 44.5 Å². The lowest BCUT2D eigenvalue weighted by atomic mass is 10.1. The highest BCUT2D eigenvalue weighted by Gasteiger charge is 2.10. The first-order valence-corrected chi connectivity index (χ1v) is 6.42. The summed E-state index contributed by atoms with van der Waals surface area (Å²) >= 11 is 0. The van der Waals surface area contributed by atoms with E-state index in [-0.39, 0.29) is 11.6 Å². The van der Waals surface area contributed by atoms with Crippen LogP contribution < -0.4 is 10.5 Å². The summed E-state index contributed by atoms with van der Waals surface area (Å²) in [5, 5.41) is 0. The molecule has 0 spiro atoms. The van der Waals surface area contributed by atoms with Gasteiger partial charge in [-0.05, 0) is 51.8 Å². The molecule has 3 nitrogen and oxygen atoms in total. The van der Waals surface area contributed by atoms with Crippen molar-refractivity contribution in [2.24, 2.45) is 5.73 Å². The number of aryl methyl sites for hydroxylation is 1. The molecule has 0 aliphatic rings. The van der Waals surface area contributed by atoms with Crippen LogP contribution in [0.1, 0.15) is 44.9 Å². The maximum atomic E-state index is 5.84. The van der Waals surface area contributed by atoms with Crippen molar-refractivity contribution in [2.45, 2.75) is 46.3 Å². The molecule has 0 aliphatic heterocycles. The first kappa shape index (κ1) is 15.0. The molecule has 0 heterocycles. The van der Waals surface area contributed by atoms with Crippen molar-refractivity contribution >= 4 is 0 Å². The lowest BCUT2D eigenvalue weighted by Gasteiger charge is -2.20. The van der Waals surface area contributed by atoms with Crippen LogP contribution in [0.4, 0.5) is 0 Å². The lowest BCUT2D eigenvalue weighted by molar-refractivity contribution is -0.0163. The van der Waals surface area contributed by atoms with Gasteiger partial charge in [-0.1, -0.05) is 12.1 Å². The summed E-state index contributed by atoms with van der Waals surface area (Å²) in [6, 6.07) is 6.12. The van der Waals surface area contributed by atoms with E-state index in [1.807, 2.05) is 46.8 Å². The summed E-state index contributed by atoms with van der Waals surface area (Å²) < 4.78 is 11.3. The van der Waals surface area contributed by atoms with Gasteiger partial charge in [0.25, 0.3) is 0 Å². The van der Waals surface area contributed by atoms with Crippen molar-refractivity contribution in [1.29, 1.82) is 0 Å². The molecule has 2 N–H and O–H groups in total. The van der Waals surface area contributed by atoms with Crippen LogP contribution in [0, 0.1) is 6.92 Å². The fraction of sp³-hybridized carbons (Fsp3) is 0.600.